The molecule has 0 atom stereocenters. The molecule has 0 aliphatic carbocycles. The second kappa shape index (κ2) is 22.4. The molecule has 0 aromatic heterocycles. The molecule has 0 aromatic carbocycles. The zero-order valence-corrected chi connectivity index (χ0v) is 17.7. The average molecular weight is 363 g/mol. The number of aliphatic hydroxyl groups is 1. The van der Waals surface area contributed by atoms with Crippen LogP contribution in [0.25, 0.3) is 0 Å². The van der Waals surface area contributed by atoms with Crippen LogP contribution in [0.3, 0.4) is 0 Å². The third-order valence-electron chi connectivity index (χ3n) is 3.33. The molecule has 0 unspecified atom stereocenters. The van der Waals surface area contributed by atoms with Gasteiger partial charge in [0, 0.05) is 0 Å². The maximum atomic E-state index is 8.74. The van der Waals surface area contributed by atoms with E-state index in [0.29, 0.717) is 0 Å². The van der Waals surface area contributed by atoms with Gasteiger partial charge in [0.15, 0.2) is 0 Å². The fourth-order valence-corrected chi connectivity index (χ4v) is 2.18. The third-order valence-corrected chi connectivity index (χ3v) is 3.33. The van der Waals surface area contributed by atoms with E-state index in [1.54, 1.807) is 0 Å². The van der Waals surface area contributed by atoms with Crippen molar-refractivity contribution in [1.29, 1.82) is 0 Å². The zero-order valence-electron chi connectivity index (χ0n) is 15.9. The predicted octanol–water partition coefficient (Wildman–Crippen LogP) is 2.61. The first-order valence-electron chi connectivity index (χ1n) is 8.41. The summed E-state index contributed by atoms with van der Waals surface area (Å²) in [6.07, 6.45) is 20.8. The van der Waals surface area contributed by atoms with Gasteiger partial charge in [-0.25, -0.2) is 0 Å². The summed E-state index contributed by atoms with van der Waals surface area (Å²) >= 11 is 0. The van der Waals surface area contributed by atoms with Crippen molar-refractivity contribution in [1.82, 2.24) is 0 Å². The molecule has 0 amide bonds. The maximum absolute atomic E-state index is 8.74. The molecular weight excluding hydrogens is 327 g/mol. The van der Waals surface area contributed by atoms with Crippen molar-refractivity contribution in [2.24, 2.45) is 0 Å². The van der Waals surface area contributed by atoms with E-state index in [-0.39, 0.29) is 31.0 Å². The first kappa shape index (κ1) is 28.2. The smallest absolute Gasteiger partial charge is 1.00 e. The van der Waals surface area contributed by atoms with Gasteiger partial charge in [-0.3, -0.25) is 9.11 Å². The van der Waals surface area contributed by atoms with Crippen molar-refractivity contribution in [3.63, 3.8) is 0 Å². The van der Waals surface area contributed by atoms with Crippen molar-refractivity contribution in [2.45, 2.75) is 90.4 Å². The van der Waals surface area contributed by atoms with Gasteiger partial charge in [-0.1, -0.05) is 83.6 Å². The van der Waals surface area contributed by atoms with E-state index in [2.05, 4.69) is 6.92 Å². The molecule has 0 radical (unpaired) electrons. The van der Waals surface area contributed by atoms with E-state index in [1.807, 2.05) is 6.08 Å². The summed E-state index contributed by atoms with van der Waals surface area (Å²) in [5.74, 6) is 0. The molecule has 0 aromatic rings. The molecule has 0 fully saturated rings. The summed E-state index contributed by atoms with van der Waals surface area (Å²) in [4.78, 5) is 0. The molecule has 0 aliphatic heterocycles. The number of rotatable bonds is 13. The fraction of sp³-hybridized carbons (Fsp3) is 0.875. The molecule has 0 heterocycles. The molecular formula is C16H35NaO5S. The fourth-order valence-electron chi connectivity index (χ4n) is 2.18. The predicted molar refractivity (Wildman–Crippen MR) is 92.8 cm³/mol. The van der Waals surface area contributed by atoms with Crippen LogP contribution in [0.5, 0.6) is 0 Å². The summed E-state index contributed by atoms with van der Waals surface area (Å²) in [5, 5.41) is 8.46. The molecule has 0 spiro atoms. The van der Waals surface area contributed by atoms with Gasteiger partial charge in [0.2, 0.25) is 0 Å². The minimum absolute atomic E-state index is 0. The number of unbranched alkanes of at least 4 members (excludes halogenated alkanes) is 12. The average Bonchev–Trinajstić information content (AvgIpc) is 2.42. The van der Waals surface area contributed by atoms with Gasteiger partial charge in [-0.15, -0.1) is 0 Å². The molecule has 3 N–H and O–H groups in total. The Hall–Kier alpha value is 0.410. The Labute approximate surface area is 166 Å². The molecule has 136 valence electrons. The van der Waals surface area contributed by atoms with E-state index < -0.39 is 10.4 Å². The summed E-state index contributed by atoms with van der Waals surface area (Å²) in [6.45, 7) is 2.27. The van der Waals surface area contributed by atoms with Gasteiger partial charge in [-0.05, 0) is 12.8 Å². The van der Waals surface area contributed by atoms with E-state index in [0.717, 1.165) is 6.42 Å². The quantitative estimate of drug-likeness (QED) is 0.203. The first-order chi connectivity index (χ1) is 10.4. The Morgan fingerprint density at radius 2 is 1.09 bits per heavy atom. The number of aliphatic hydroxyl groups excluding tert-OH is 1. The number of hydrogen-bond acceptors (Lipinski definition) is 3. The van der Waals surface area contributed by atoms with Crippen molar-refractivity contribution >= 4 is 10.4 Å². The van der Waals surface area contributed by atoms with E-state index in [1.165, 1.54) is 83.3 Å². The Morgan fingerprint density at radius 1 is 0.783 bits per heavy atom. The first-order valence-corrected chi connectivity index (χ1v) is 9.80. The zero-order chi connectivity index (χ0) is 17.1. The van der Waals surface area contributed by atoms with Crippen molar-refractivity contribution < 1.29 is 53.6 Å². The van der Waals surface area contributed by atoms with Gasteiger partial charge in [-0.2, -0.15) is 8.42 Å². The van der Waals surface area contributed by atoms with Crippen LogP contribution in [-0.4, -0.2) is 22.6 Å². The largest absolute Gasteiger partial charge is 1.00 e. The van der Waals surface area contributed by atoms with Crippen LogP contribution in [0.15, 0.2) is 12.3 Å². The molecule has 0 rings (SSSR count). The Balaban J connectivity index is -0.000000250. The van der Waals surface area contributed by atoms with Gasteiger partial charge in [0.05, 0.1) is 6.26 Å². The molecule has 0 aliphatic rings. The molecule has 0 saturated heterocycles. The van der Waals surface area contributed by atoms with Gasteiger partial charge < -0.3 is 6.53 Å². The number of allylic oxidation sites excluding steroid dienone is 1. The molecule has 5 nitrogen and oxygen atoms in total. The van der Waals surface area contributed by atoms with Crippen LogP contribution in [0.4, 0.5) is 0 Å². The minimum Gasteiger partial charge on any atom is -1.00 e. The monoisotopic (exact) mass is 362 g/mol. The van der Waals surface area contributed by atoms with Gasteiger partial charge in [0.25, 0.3) is 0 Å². The van der Waals surface area contributed by atoms with Crippen LogP contribution >= 0.6 is 0 Å². The minimum atomic E-state index is -4.67. The van der Waals surface area contributed by atoms with E-state index in [4.69, 9.17) is 22.6 Å². The Kier molecular flexibility index (Phi) is 27.5. The van der Waals surface area contributed by atoms with Crippen LogP contribution in [0, 0.1) is 0 Å². The van der Waals surface area contributed by atoms with Gasteiger partial charge in [0.1, 0.15) is 0 Å². The summed E-state index contributed by atoms with van der Waals surface area (Å²) in [7, 11) is -4.67. The summed E-state index contributed by atoms with van der Waals surface area (Å²) in [6, 6.07) is 0. The molecule has 0 bridgehead atoms. The topological polar surface area (TPSA) is 94.8 Å². The SMILES string of the molecule is CCCCCCCCCCCCCCC=CO.O=S(=O)(O)O.[H-].[Na+]. The molecule has 0 saturated carbocycles. The van der Waals surface area contributed by atoms with Crippen molar-refractivity contribution in [3.05, 3.63) is 12.3 Å². The standard InChI is InChI=1S/C16H32O.Na.H2O4S.H/c1-2-3-4-5-6-7-8-9-10-11-12-13-14-15-16-17;;1-5(2,3)4;/h15-17H,2-14H2,1H3;;(H2,1,2,3,4);/q;+1;;-1. The maximum Gasteiger partial charge on any atom is 1.00 e. The van der Waals surface area contributed by atoms with Crippen LogP contribution < -0.4 is 29.6 Å². The Morgan fingerprint density at radius 3 is 1.39 bits per heavy atom. The third kappa shape index (κ3) is 45.0. The number of hydrogen-bond donors (Lipinski definition) is 3. The Bertz CT molecular complexity index is 329. The summed E-state index contributed by atoms with van der Waals surface area (Å²) in [5.41, 5.74) is 0. The summed E-state index contributed by atoms with van der Waals surface area (Å²) < 4.78 is 31.6. The second-order valence-corrected chi connectivity index (χ2v) is 6.41. The normalized spacial score (nSPS) is 10.9. The van der Waals surface area contributed by atoms with E-state index in [9.17, 15) is 0 Å². The van der Waals surface area contributed by atoms with Gasteiger partial charge >= 0.3 is 40.0 Å². The second-order valence-electron chi connectivity index (χ2n) is 5.51. The van der Waals surface area contributed by atoms with Crippen molar-refractivity contribution in [2.75, 3.05) is 0 Å². The van der Waals surface area contributed by atoms with Crippen LogP contribution in [-0.2, 0) is 10.4 Å². The molecule has 23 heavy (non-hydrogen) atoms. The van der Waals surface area contributed by atoms with Crippen molar-refractivity contribution in [3.8, 4) is 0 Å². The molecule has 7 heteroatoms. The van der Waals surface area contributed by atoms with Crippen LogP contribution in [0.2, 0.25) is 0 Å². The van der Waals surface area contributed by atoms with E-state index >= 15 is 0 Å². The van der Waals surface area contributed by atoms with Crippen LogP contribution in [0.1, 0.15) is 91.8 Å².